The van der Waals surface area contributed by atoms with Gasteiger partial charge in [0, 0.05) is 33.1 Å². The van der Waals surface area contributed by atoms with E-state index >= 15 is 0 Å². The molecule has 8 aromatic rings. The quantitative estimate of drug-likeness (QED) is 0.139. The molecule has 40 heavy (non-hydrogen) atoms. The molecule has 0 saturated carbocycles. The van der Waals surface area contributed by atoms with Crippen LogP contribution in [0.5, 0.6) is 0 Å². The van der Waals surface area contributed by atoms with Gasteiger partial charge < -0.3 is 14.4 Å². The molecule has 188 valence electrons. The van der Waals surface area contributed by atoms with E-state index in [1.165, 1.54) is 55.1 Å². The van der Waals surface area contributed by atoms with Gasteiger partial charge in [-0.3, -0.25) is 0 Å². The molecule has 0 aliphatic carbocycles. The van der Waals surface area contributed by atoms with Gasteiger partial charge in [0.1, 0.15) is 0 Å². The van der Waals surface area contributed by atoms with Gasteiger partial charge in [-0.15, -0.1) is 0 Å². The van der Waals surface area contributed by atoms with E-state index in [1.54, 1.807) is 0 Å². The Kier molecular flexibility index (Phi) is 4.82. The molecule has 0 atom stereocenters. The molecule has 0 spiro atoms. The summed E-state index contributed by atoms with van der Waals surface area (Å²) in [5.41, 5.74) is 8.41. The summed E-state index contributed by atoms with van der Waals surface area (Å²) >= 11 is 0. The summed E-state index contributed by atoms with van der Waals surface area (Å²) in [5.74, 6) is 0. The van der Waals surface area contributed by atoms with Gasteiger partial charge in [-0.2, -0.15) is 0 Å². The van der Waals surface area contributed by atoms with Crippen molar-refractivity contribution < 1.29 is 0 Å². The maximum absolute atomic E-state index is 8.44. The fraction of sp³-hybridized carbons (Fsp3) is 0. The lowest BCUT2D eigenvalue weighted by molar-refractivity contribution is 1.25. The molecular weight excluding hydrogens is 486 g/mol. The first-order chi connectivity index (χ1) is 19.7. The number of allylic oxidation sites excluding steroid dienone is 3. The predicted octanol–water partition coefficient (Wildman–Crippen LogP) is 9.71. The lowest BCUT2D eigenvalue weighted by Gasteiger charge is -2.11. The second-order valence-corrected chi connectivity index (χ2v) is 10.3. The average molecular weight is 512 g/mol. The van der Waals surface area contributed by atoms with Crippen molar-refractivity contribution >= 4 is 77.4 Å². The molecule has 0 bridgehead atoms. The van der Waals surface area contributed by atoms with Crippen LogP contribution in [0.25, 0.3) is 71.2 Å². The Morgan fingerprint density at radius 1 is 0.600 bits per heavy atom. The normalized spacial score (nSPS) is 12.3. The van der Waals surface area contributed by atoms with Crippen LogP contribution in [0.4, 0.5) is 0 Å². The number of pyridine rings is 1. The highest BCUT2D eigenvalue weighted by Gasteiger charge is 2.19. The monoisotopic (exact) mass is 511 g/mol. The minimum atomic E-state index is 0.774. The Morgan fingerprint density at radius 2 is 1.23 bits per heavy atom. The van der Waals surface area contributed by atoms with Crippen molar-refractivity contribution in [1.29, 1.82) is 5.41 Å². The number of nitrogens with one attached hydrogen (secondary N) is 1. The maximum atomic E-state index is 8.44. The number of hydrogen-bond donors (Lipinski definition) is 1. The zero-order valence-electron chi connectivity index (χ0n) is 21.8. The number of para-hydroxylation sites is 2. The third kappa shape index (κ3) is 3.09. The number of fused-ring (bicyclic) bond motifs is 12. The molecule has 3 nitrogen and oxygen atoms in total. The number of rotatable bonds is 4. The van der Waals surface area contributed by atoms with Crippen LogP contribution in [0.2, 0.25) is 0 Å². The van der Waals surface area contributed by atoms with Crippen molar-refractivity contribution in [3.8, 4) is 0 Å². The van der Waals surface area contributed by atoms with Crippen LogP contribution in [0, 0.1) is 5.41 Å². The van der Waals surface area contributed by atoms with Crippen LogP contribution in [0.15, 0.2) is 134 Å². The topological polar surface area (TPSA) is 33.2 Å². The molecule has 8 rings (SSSR count). The molecule has 3 heteroatoms. The van der Waals surface area contributed by atoms with E-state index in [2.05, 4.69) is 119 Å². The van der Waals surface area contributed by atoms with Crippen molar-refractivity contribution in [2.75, 3.05) is 0 Å². The molecule has 0 amide bonds. The van der Waals surface area contributed by atoms with E-state index in [9.17, 15) is 0 Å². The van der Waals surface area contributed by atoms with Crippen LogP contribution in [-0.2, 0) is 0 Å². The second-order valence-electron chi connectivity index (χ2n) is 10.3. The minimum Gasteiger partial charge on any atom is -0.308 e. The summed E-state index contributed by atoms with van der Waals surface area (Å²) in [6.45, 7) is 4.33. The van der Waals surface area contributed by atoms with Crippen molar-refractivity contribution in [3.63, 3.8) is 0 Å². The molecule has 3 heterocycles. The molecule has 0 aliphatic heterocycles. The van der Waals surface area contributed by atoms with Gasteiger partial charge in [-0.05, 0) is 46.9 Å². The number of benzene rings is 5. The van der Waals surface area contributed by atoms with Crippen molar-refractivity contribution in [3.05, 3.63) is 140 Å². The lowest BCUT2D eigenvalue weighted by Crippen LogP contribution is -1.98. The van der Waals surface area contributed by atoms with Crippen LogP contribution in [-0.4, -0.2) is 15.2 Å². The first-order valence-electron chi connectivity index (χ1n) is 13.5. The molecule has 0 unspecified atom stereocenters. The molecule has 0 saturated heterocycles. The highest BCUT2D eigenvalue weighted by molar-refractivity contribution is 6.26. The van der Waals surface area contributed by atoms with E-state index in [0.717, 1.165) is 27.9 Å². The van der Waals surface area contributed by atoms with Crippen molar-refractivity contribution in [1.82, 2.24) is 8.97 Å². The number of aromatic nitrogens is 2. The summed E-state index contributed by atoms with van der Waals surface area (Å²) in [6.07, 6.45) is 3.45. The Balaban J connectivity index is 1.54. The molecule has 0 aliphatic rings. The van der Waals surface area contributed by atoms with Gasteiger partial charge in [-0.25, -0.2) is 0 Å². The summed E-state index contributed by atoms with van der Waals surface area (Å²) in [6, 6.07) is 42.8. The van der Waals surface area contributed by atoms with Crippen molar-refractivity contribution in [2.24, 2.45) is 0 Å². The zero-order chi connectivity index (χ0) is 26.8. The van der Waals surface area contributed by atoms with Gasteiger partial charge in [-0.1, -0.05) is 104 Å². The highest BCUT2D eigenvalue weighted by Crippen LogP contribution is 2.41. The molecular formula is C37H25N3. The number of hydrogen-bond acceptors (Lipinski definition) is 1. The SMILES string of the molecule is C=C(/C=C(\C=N)n1c2ccccc2c2c1ccc1cc3c4ccccc4c4ccccc4n3c12)c1ccccc1. The van der Waals surface area contributed by atoms with Crippen LogP contribution >= 0.6 is 0 Å². The van der Waals surface area contributed by atoms with E-state index in [4.69, 9.17) is 5.41 Å². The third-order valence-electron chi connectivity index (χ3n) is 8.11. The van der Waals surface area contributed by atoms with Crippen LogP contribution in [0.1, 0.15) is 5.56 Å². The summed E-state index contributed by atoms with van der Waals surface area (Å²) in [7, 11) is 0. The van der Waals surface area contributed by atoms with Gasteiger partial charge in [0.15, 0.2) is 0 Å². The van der Waals surface area contributed by atoms with Gasteiger partial charge >= 0.3 is 0 Å². The van der Waals surface area contributed by atoms with E-state index in [1.807, 2.05) is 24.3 Å². The largest absolute Gasteiger partial charge is 0.308 e. The molecule has 3 aromatic heterocycles. The maximum Gasteiger partial charge on any atom is 0.0643 e. The van der Waals surface area contributed by atoms with Crippen LogP contribution < -0.4 is 0 Å². The van der Waals surface area contributed by atoms with Crippen LogP contribution in [0.3, 0.4) is 0 Å². The summed E-state index contributed by atoms with van der Waals surface area (Å²) < 4.78 is 4.64. The molecule has 1 N–H and O–H groups in total. The van der Waals surface area contributed by atoms with Gasteiger partial charge in [0.25, 0.3) is 0 Å². The Morgan fingerprint density at radius 3 is 1.98 bits per heavy atom. The Labute approximate surface area is 231 Å². The van der Waals surface area contributed by atoms with E-state index in [0.29, 0.717) is 0 Å². The van der Waals surface area contributed by atoms with Gasteiger partial charge in [0.05, 0.1) is 33.3 Å². The Bertz CT molecular complexity index is 2350. The fourth-order valence-corrected chi connectivity index (χ4v) is 6.40. The molecule has 5 aromatic carbocycles. The average Bonchev–Trinajstić information content (AvgIpc) is 3.57. The van der Waals surface area contributed by atoms with E-state index < -0.39 is 0 Å². The molecule has 0 radical (unpaired) electrons. The second kappa shape index (κ2) is 8.55. The third-order valence-corrected chi connectivity index (χ3v) is 8.11. The standard InChI is InChI=1S/C37H25N3/c1-24(25-11-3-2-4-12-25)21-27(23-38)39-33-18-10-8-16-31(33)36-34(39)20-19-26-22-35-30-15-6-5-13-28(30)29-14-7-9-17-32(29)40(35)37(26)36/h2-23,38H,1H2/b27-21+,38-23?. The molecule has 0 fully saturated rings. The first kappa shape index (κ1) is 22.6. The van der Waals surface area contributed by atoms with Crippen molar-refractivity contribution in [2.45, 2.75) is 0 Å². The minimum absolute atomic E-state index is 0.774. The lowest BCUT2D eigenvalue weighted by atomic mass is 10.1. The van der Waals surface area contributed by atoms with Gasteiger partial charge in [0.2, 0.25) is 0 Å². The first-order valence-corrected chi connectivity index (χ1v) is 13.5. The predicted molar refractivity (Wildman–Crippen MR) is 171 cm³/mol. The summed E-state index contributed by atoms with van der Waals surface area (Å²) in [4.78, 5) is 0. The number of nitrogens with zero attached hydrogens (tertiary/aromatic N) is 2. The summed E-state index contributed by atoms with van der Waals surface area (Å²) in [5, 5.41) is 15.7. The highest BCUT2D eigenvalue weighted by atomic mass is 15.0. The fourth-order valence-electron chi connectivity index (χ4n) is 6.40. The van der Waals surface area contributed by atoms with E-state index in [-0.39, 0.29) is 0 Å². The zero-order valence-corrected chi connectivity index (χ0v) is 21.8. The Hall–Kier alpha value is -5.41. The smallest absolute Gasteiger partial charge is 0.0643 e.